The first-order valence-electron chi connectivity index (χ1n) is 7.08. The van der Waals surface area contributed by atoms with Crippen LogP contribution in [0.15, 0.2) is 45.0 Å². The number of hydrogen-bond donors (Lipinski definition) is 0. The van der Waals surface area contributed by atoms with Crippen molar-refractivity contribution in [1.29, 1.82) is 0 Å². The first kappa shape index (κ1) is 17.4. The molecule has 5 nitrogen and oxygen atoms in total. The number of hydrogen-bond acceptors (Lipinski definition) is 5. The van der Waals surface area contributed by atoms with Gasteiger partial charge in [-0.05, 0) is 31.5 Å². The molecule has 0 N–H and O–H groups in total. The predicted octanol–water partition coefficient (Wildman–Crippen LogP) is 3.24. The number of allylic oxidation sites excluding steroid dienone is 1. The van der Waals surface area contributed by atoms with Gasteiger partial charge in [0.1, 0.15) is 5.92 Å². The van der Waals surface area contributed by atoms with Crippen LogP contribution in [0.25, 0.3) is 0 Å². The van der Waals surface area contributed by atoms with E-state index in [9.17, 15) is 9.59 Å². The lowest BCUT2D eigenvalue weighted by Crippen LogP contribution is -2.36. The lowest BCUT2D eigenvalue weighted by atomic mass is 9.75. The Kier molecular flexibility index (Phi) is 5.36. The van der Waals surface area contributed by atoms with Crippen molar-refractivity contribution in [2.45, 2.75) is 19.8 Å². The number of benzene rings is 1. The van der Waals surface area contributed by atoms with Gasteiger partial charge in [0.15, 0.2) is 0 Å². The maximum Gasteiger partial charge on any atom is 0.336 e. The van der Waals surface area contributed by atoms with Gasteiger partial charge in [-0.25, -0.2) is 4.79 Å². The highest BCUT2D eigenvalue weighted by molar-refractivity contribution is 9.10. The largest absolute Gasteiger partial charge is 0.468 e. The van der Waals surface area contributed by atoms with Gasteiger partial charge in [0, 0.05) is 21.8 Å². The molecule has 0 fully saturated rings. The number of nitrogens with zero attached hydrogens (tertiary/aromatic N) is 1. The van der Waals surface area contributed by atoms with Crippen molar-refractivity contribution >= 4 is 33.6 Å². The minimum Gasteiger partial charge on any atom is -0.468 e. The first-order valence-corrected chi connectivity index (χ1v) is 7.87. The van der Waals surface area contributed by atoms with E-state index >= 15 is 0 Å². The zero-order chi connectivity index (χ0) is 17.1. The average Bonchev–Trinajstić information content (AvgIpc) is 2.52. The molecule has 0 aliphatic carbocycles. The topological polar surface area (TPSA) is 65.0 Å². The summed E-state index contributed by atoms with van der Waals surface area (Å²) >= 11 is 3.43. The van der Waals surface area contributed by atoms with Crippen molar-refractivity contribution in [1.82, 2.24) is 0 Å². The molecule has 1 aromatic carbocycles. The number of aliphatic imine (C=N–C) groups is 1. The van der Waals surface area contributed by atoms with Crippen LogP contribution in [0.2, 0.25) is 0 Å². The highest BCUT2D eigenvalue weighted by Crippen LogP contribution is 2.40. The summed E-state index contributed by atoms with van der Waals surface area (Å²) in [6, 6.07) is 7.50. The second-order valence-corrected chi connectivity index (χ2v) is 6.19. The highest BCUT2D eigenvalue weighted by Gasteiger charge is 2.42. The molecule has 1 unspecified atom stereocenters. The fourth-order valence-electron chi connectivity index (χ4n) is 2.90. The fraction of sp³-hybridized carbons (Fsp3) is 0.353. The van der Waals surface area contributed by atoms with Crippen molar-refractivity contribution in [2.75, 3.05) is 14.2 Å². The van der Waals surface area contributed by atoms with Gasteiger partial charge in [-0.3, -0.25) is 9.79 Å². The highest BCUT2D eigenvalue weighted by atomic mass is 79.9. The van der Waals surface area contributed by atoms with E-state index in [0.717, 1.165) is 10.0 Å². The van der Waals surface area contributed by atoms with E-state index < -0.39 is 23.8 Å². The zero-order valence-electron chi connectivity index (χ0n) is 13.4. The van der Waals surface area contributed by atoms with E-state index in [2.05, 4.69) is 20.9 Å². The van der Waals surface area contributed by atoms with Crippen LogP contribution in [0.4, 0.5) is 0 Å². The van der Waals surface area contributed by atoms with E-state index in [4.69, 9.17) is 9.47 Å². The molecular formula is C17H18BrNO4. The van der Waals surface area contributed by atoms with Crippen molar-refractivity contribution in [3.63, 3.8) is 0 Å². The van der Waals surface area contributed by atoms with Crippen LogP contribution >= 0.6 is 15.9 Å². The normalized spacial score (nSPS) is 20.8. The second kappa shape index (κ2) is 7.08. The summed E-state index contributed by atoms with van der Waals surface area (Å²) in [7, 11) is 2.65. The number of rotatable bonds is 3. The Hall–Kier alpha value is -1.95. The van der Waals surface area contributed by atoms with Gasteiger partial charge < -0.3 is 9.47 Å². The summed E-state index contributed by atoms with van der Waals surface area (Å²) in [5, 5.41) is 0. The van der Waals surface area contributed by atoms with Gasteiger partial charge in [-0.1, -0.05) is 28.1 Å². The van der Waals surface area contributed by atoms with Crippen LogP contribution in [0.5, 0.6) is 0 Å². The number of carbonyl (C=O) groups is 2. The van der Waals surface area contributed by atoms with Crippen molar-refractivity contribution in [3.05, 3.63) is 45.6 Å². The fourth-order valence-corrected chi connectivity index (χ4v) is 3.32. The molecule has 23 heavy (non-hydrogen) atoms. The van der Waals surface area contributed by atoms with Gasteiger partial charge in [-0.2, -0.15) is 0 Å². The lowest BCUT2D eigenvalue weighted by molar-refractivity contribution is -0.143. The summed E-state index contributed by atoms with van der Waals surface area (Å²) < 4.78 is 10.7. The third-order valence-electron chi connectivity index (χ3n) is 3.90. The second-order valence-electron chi connectivity index (χ2n) is 5.28. The molecule has 0 saturated carbocycles. The first-order chi connectivity index (χ1) is 10.9. The number of halogens is 1. The molecule has 1 aliphatic rings. The average molecular weight is 380 g/mol. The number of esters is 2. The molecule has 1 heterocycles. The van der Waals surface area contributed by atoms with Gasteiger partial charge in [0.25, 0.3) is 0 Å². The summed E-state index contributed by atoms with van der Waals surface area (Å²) in [6.45, 7) is 3.51. The summed E-state index contributed by atoms with van der Waals surface area (Å²) in [6.07, 6.45) is 0. The van der Waals surface area contributed by atoms with Crippen LogP contribution in [0, 0.1) is 5.92 Å². The van der Waals surface area contributed by atoms with E-state index in [1.807, 2.05) is 24.3 Å². The third kappa shape index (κ3) is 3.37. The minimum atomic E-state index is -0.660. The predicted molar refractivity (Wildman–Crippen MR) is 90.2 cm³/mol. The molecule has 0 bridgehead atoms. The molecule has 2 rings (SSSR count). The Bertz CT molecular complexity index is 708. The minimum absolute atomic E-state index is 0.381. The van der Waals surface area contributed by atoms with Crippen molar-refractivity contribution in [2.24, 2.45) is 10.9 Å². The van der Waals surface area contributed by atoms with E-state index in [1.54, 1.807) is 13.8 Å². The van der Waals surface area contributed by atoms with Crippen LogP contribution in [-0.4, -0.2) is 31.9 Å². The van der Waals surface area contributed by atoms with E-state index in [0.29, 0.717) is 17.0 Å². The molecule has 2 atom stereocenters. The molecule has 122 valence electrons. The number of methoxy groups -OCH3 is 2. The zero-order valence-corrected chi connectivity index (χ0v) is 15.0. The monoisotopic (exact) mass is 379 g/mol. The van der Waals surface area contributed by atoms with Crippen molar-refractivity contribution in [3.8, 4) is 0 Å². The quantitative estimate of drug-likeness (QED) is 0.756. The Balaban J connectivity index is 2.68. The molecule has 1 aliphatic heterocycles. The molecule has 0 radical (unpaired) electrons. The van der Waals surface area contributed by atoms with E-state index in [-0.39, 0.29) is 0 Å². The Morgan fingerprint density at radius 1 is 1.17 bits per heavy atom. The number of carbonyl (C=O) groups excluding carboxylic acids is 2. The number of ether oxygens (including phenoxy) is 2. The molecule has 6 heteroatoms. The van der Waals surface area contributed by atoms with Crippen LogP contribution in [0.1, 0.15) is 25.3 Å². The molecule has 0 saturated heterocycles. The molecular weight excluding hydrogens is 362 g/mol. The van der Waals surface area contributed by atoms with Crippen LogP contribution in [-0.2, 0) is 19.1 Å². The molecule has 1 aromatic rings. The molecule has 0 spiro atoms. The molecule has 0 aromatic heterocycles. The Morgan fingerprint density at radius 3 is 2.43 bits per heavy atom. The SMILES string of the molecule is COC(=O)C1=C(C)N=C(C)C(C(=O)OC)[C@@H]1c1cccc(Br)c1. The Morgan fingerprint density at radius 2 is 1.87 bits per heavy atom. The lowest BCUT2D eigenvalue weighted by Gasteiger charge is -2.31. The van der Waals surface area contributed by atoms with Gasteiger partial charge in [0.2, 0.25) is 0 Å². The van der Waals surface area contributed by atoms with Gasteiger partial charge in [-0.15, -0.1) is 0 Å². The standard InChI is InChI=1S/C17H18BrNO4/c1-9-13(16(20)22-3)15(11-6-5-7-12(18)8-11)14(10(2)19-9)17(21)23-4/h5-8,13,15H,1-4H3/t13?,15-/m0/s1. The summed E-state index contributed by atoms with van der Waals surface area (Å²) in [5.74, 6) is -2.07. The summed E-state index contributed by atoms with van der Waals surface area (Å²) in [4.78, 5) is 29.0. The van der Waals surface area contributed by atoms with Gasteiger partial charge in [0.05, 0.1) is 19.8 Å². The third-order valence-corrected chi connectivity index (χ3v) is 4.39. The van der Waals surface area contributed by atoms with Gasteiger partial charge >= 0.3 is 11.9 Å². The Labute approximate surface area is 143 Å². The molecule has 0 amide bonds. The maximum atomic E-state index is 12.3. The van der Waals surface area contributed by atoms with Crippen LogP contribution in [0.3, 0.4) is 0 Å². The van der Waals surface area contributed by atoms with E-state index in [1.165, 1.54) is 14.2 Å². The van der Waals surface area contributed by atoms with Crippen molar-refractivity contribution < 1.29 is 19.1 Å². The smallest absolute Gasteiger partial charge is 0.336 e. The van der Waals surface area contributed by atoms with Crippen LogP contribution < -0.4 is 0 Å². The maximum absolute atomic E-state index is 12.3. The summed E-state index contributed by atoms with van der Waals surface area (Å²) in [5.41, 5.74) is 2.38.